The Morgan fingerprint density at radius 2 is 1.95 bits per heavy atom. The average Bonchev–Trinajstić information content (AvgIpc) is 3.47. The number of nitrogens with zero attached hydrogens (tertiary/aromatic N) is 5. The monoisotopic (exact) mass is 511 g/mol. The number of halogens is 3. The van der Waals surface area contributed by atoms with Crippen LogP contribution < -0.4 is 11.1 Å². The number of pyridine rings is 2. The lowest BCUT2D eigenvalue weighted by Crippen LogP contribution is -2.33. The molecule has 1 aromatic carbocycles. The fraction of sp³-hybridized carbons (Fsp3) is 0.385. The zero-order valence-corrected chi connectivity index (χ0v) is 20.5. The summed E-state index contributed by atoms with van der Waals surface area (Å²) in [5, 5.41) is 12.2. The number of likely N-dealkylation sites (tertiary alicyclic amines) is 1. The number of hydrogen-bond acceptors (Lipinski definition) is 6. The van der Waals surface area contributed by atoms with Crippen molar-refractivity contribution >= 4 is 28.1 Å². The van der Waals surface area contributed by atoms with E-state index in [0.29, 0.717) is 53.4 Å². The van der Waals surface area contributed by atoms with E-state index in [1.54, 1.807) is 39.8 Å². The van der Waals surface area contributed by atoms with Gasteiger partial charge in [0.05, 0.1) is 11.9 Å². The van der Waals surface area contributed by atoms with Gasteiger partial charge in [0.15, 0.2) is 11.5 Å². The number of alkyl halides is 3. The summed E-state index contributed by atoms with van der Waals surface area (Å²) in [7, 11) is 0. The first kappa shape index (κ1) is 25.1. The maximum atomic E-state index is 13.5. The van der Waals surface area contributed by atoms with E-state index in [1.165, 1.54) is 0 Å². The van der Waals surface area contributed by atoms with Gasteiger partial charge < -0.3 is 11.1 Å². The molecule has 1 saturated heterocycles. The second-order valence-electron chi connectivity index (χ2n) is 9.84. The van der Waals surface area contributed by atoms with Crippen molar-refractivity contribution in [1.29, 1.82) is 0 Å². The fourth-order valence-electron chi connectivity index (χ4n) is 4.66. The van der Waals surface area contributed by atoms with Crippen LogP contribution in [0.25, 0.3) is 28.1 Å². The molecule has 3 N–H and O–H groups in total. The van der Waals surface area contributed by atoms with Crippen molar-refractivity contribution in [2.45, 2.75) is 44.9 Å². The molecule has 0 saturated carbocycles. The molecule has 0 spiro atoms. The van der Waals surface area contributed by atoms with E-state index < -0.39 is 18.6 Å². The Labute approximate surface area is 211 Å². The lowest BCUT2D eigenvalue weighted by molar-refractivity contribution is -0.147. The summed E-state index contributed by atoms with van der Waals surface area (Å²) in [6, 6.07) is 11.5. The first-order valence-corrected chi connectivity index (χ1v) is 12.2. The minimum absolute atomic E-state index is 0.0983. The molecule has 0 radical (unpaired) electrons. The zero-order valence-electron chi connectivity index (χ0n) is 20.5. The topological polar surface area (TPSA) is 101 Å². The normalized spacial score (nSPS) is 17.6. The van der Waals surface area contributed by atoms with Gasteiger partial charge in [0.2, 0.25) is 5.91 Å². The molecule has 194 valence electrons. The van der Waals surface area contributed by atoms with Gasteiger partial charge in [-0.05, 0) is 36.2 Å². The van der Waals surface area contributed by atoms with Crippen molar-refractivity contribution < 1.29 is 18.0 Å². The predicted octanol–water partition coefficient (Wildman–Crippen LogP) is 4.57. The molecule has 3 aromatic heterocycles. The van der Waals surface area contributed by atoms with Crippen molar-refractivity contribution in [2.24, 2.45) is 11.7 Å². The Bertz CT molecular complexity index is 1450. The van der Waals surface area contributed by atoms with E-state index in [9.17, 15) is 18.0 Å². The first-order chi connectivity index (χ1) is 17.6. The van der Waals surface area contributed by atoms with Gasteiger partial charge in [-0.2, -0.15) is 13.2 Å². The molecule has 5 rings (SSSR count). The van der Waals surface area contributed by atoms with Crippen LogP contribution in [0, 0.1) is 5.92 Å². The Morgan fingerprint density at radius 3 is 2.65 bits per heavy atom. The lowest BCUT2D eigenvalue weighted by atomic mass is 10.0. The summed E-state index contributed by atoms with van der Waals surface area (Å²) in [5.74, 6) is 0.155. The number of benzene rings is 1. The van der Waals surface area contributed by atoms with Crippen LogP contribution in [0.15, 0.2) is 48.7 Å². The van der Waals surface area contributed by atoms with Gasteiger partial charge in [-0.1, -0.05) is 32.0 Å². The minimum atomic E-state index is -4.33. The van der Waals surface area contributed by atoms with Gasteiger partial charge >= 0.3 is 6.18 Å². The maximum absolute atomic E-state index is 13.5. The summed E-state index contributed by atoms with van der Waals surface area (Å²) in [4.78, 5) is 18.6. The first-order valence-electron chi connectivity index (χ1n) is 12.2. The van der Waals surface area contributed by atoms with Gasteiger partial charge in [-0.15, -0.1) is 10.2 Å². The Kier molecular flexibility index (Phi) is 6.59. The smallest absolute Gasteiger partial charge is 0.326 e. The van der Waals surface area contributed by atoms with Crippen LogP contribution >= 0.6 is 0 Å². The molecule has 1 fully saturated rings. The van der Waals surface area contributed by atoms with E-state index in [2.05, 4.69) is 15.5 Å². The number of nitrogens with one attached hydrogen (secondary N) is 1. The molecule has 0 aliphatic carbocycles. The number of anilines is 1. The van der Waals surface area contributed by atoms with E-state index in [1.807, 2.05) is 32.0 Å². The number of carbonyl (C=O) groups excluding carboxylic acids is 1. The van der Waals surface area contributed by atoms with Crippen molar-refractivity contribution in [3.63, 3.8) is 0 Å². The fourth-order valence-corrected chi connectivity index (χ4v) is 4.66. The quantitative estimate of drug-likeness (QED) is 0.393. The van der Waals surface area contributed by atoms with E-state index >= 15 is 0 Å². The van der Waals surface area contributed by atoms with Crippen LogP contribution in [0.1, 0.15) is 38.3 Å². The van der Waals surface area contributed by atoms with E-state index in [4.69, 9.17) is 10.7 Å². The summed E-state index contributed by atoms with van der Waals surface area (Å²) in [6.07, 6.45) is -2.97. The highest BCUT2D eigenvalue weighted by molar-refractivity contribution is 5.94. The standard InChI is InChI=1S/C26H28F3N7O/c1-15(2)25(37)31-19-6-3-16-4-7-20(32-21(16)11-19)24-34-33-23-8-5-17(13-36(23)24)22(12-26(27,28)29)35-10-9-18(30)14-35/h3-8,11,13,15,18,22H,9-10,12,14,30H2,1-2H3,(H,31,37). The van der Waals surface area contributed by atoms with Crippen LogP contribution in [0.3, 0.4) is 0 Å². The van der Waals surface area contributed by atoms with Crippen LogP contribution in [-0.2, 0) is 4.79 Å². The number of amides is 1. The number of nitrogens with two attached hydrogens (primary N) is 1. The van der Waals surface area contributed by atoms with Crippen LogP contribution in [-0.4, -0.2) is 55.7 Å². The summed E-state index contributed by atoms with van der Waals surface area (Å²) in [5.41, 5.74) is 8.80. The molecule has 1 amide bonds. The third-order valence-corrected chi connectivity index (χ3v) is 6.64. The van der Waals surface area contributed by atoms with Crippen LogP contribution in [0.2, 0.25) is 0 Å². The molecule has 0 bridgehead atoms. The number of aromatic nitrogens is 4. The molecule has 4 heterocycles. The maximum Gasteiger partial charge on any atom is 0.390 e. The minimum Gasteiger partial charge on any atom is -0.326 e. The number of carbonyl (C=O) groups is 1. The molecular weight excluding hydrogens is 483 g/mol. The molecule has 2 unspecified atom stereocenters. The highest BCUT2D eigenvalue weighted by atomic mass is 19.4. The molecule has 37 heavy (non-hydrogen) atoms. The van der Waals surface area contributed by atoms with Gasteiger partial charge in [-0.3, -0.25) is 14.1 Å². The average molecular weight is 512 g/mol. The van der Waals surface area contributed by atoms with Crippen LogP contribution in [0.5, 0.6) is 0 Å². The molecule has 1 aliphatic heterocycles. The highest BCUT2D eigenvalue weighted by Crippen LogP contribution is 2.36. The highest BCUT2D eigenvalue weighted by Gasteiger charge is 2.38. The van der Waals surface area contributed by atoms with Crippen molar-refractivity contribution in [3.05, 3.63) is 54.2 Å². The molecule has 8 nitrogen and oxygen atoms in total. The second-order valence-corrected chi connectivity index (χ2v) is 9.84. The Morgan fingerprint density at radius 1 is 1.16 bits per heavy atom. The van der Waals surface area contributed by atoms with Gasteiger partial charge in [0, 0.05) is 48.4 Å². The number of rotatable bonds is 6. The Hall–Kier alpha value is -3.57. The molecule has 2 atom stereocenters. The van der Waals surface area contributed by atoms with Crippen molar-refractivity contribution in [1.82, 2.24) is 24.5 Å². The van der Waals surface area contributed by atoms with Crippen molar-refractivity contribution in [3.8, 4) is 11.5 Å². The number of fused-ring (bicyclic) bond motifs is 2. The summed E-state index contributed by atoms with van der Waals surface area (Å²) < 4.78 is 42.2. The predicted molar refractivity (Wildman–Crippen MR) is 135 cm³/mol. The third-order valence-electron chi connectivity index (χ3n) is 6.64. The van der Waals surface area contributed by atoms with Gasteiger partial charge in [-0.25, -0.2) is 4.98 Å². The Balaban J connectivity index is 1.52. The SMILES string of the molecule is CC(C)C(=O)Nc1ccc2ccc(-c3nnc4ccc(C(CC(F)(F)F)N5CCC(N)C5)cn34)nc2c1. The molecule has 1 aliphatic rings. The molecule has 4 aromatic rings. The second kappa shape index (κ2) is 9.71. The van der Waals surface area contributed by atoms with Crippen LogP contribution in [0.4, 0.5) is 18.9 Å². The number of hydrogen-bond donors (Lipinski definition) is 2. The van der Waals surface area contributed by atoms with E-state index in [0.717, 1.165) is 5.39 Å². The largest absolute Gasteiger partial charge is 0.390 e. The molecular formula is C26H28F3N7O. The third kappa shape index (κ3) is 5.42. The lowest BCUT2D eigenvalue weighted by Gasteiger charge is -2.29. The molecule has 11 heteroatoms. The summed E-state index contributed by atoms with van der Waals surface area (Å²) >= 11 is 0. The van der Waals surface area contributed by atoms with E-state index in [-0.39, 0.29) is 17.9 Å². The van der Waals surface area contributed by atoms with Crippen molar-refractivity contribution in [2.75, 3.05) is 18.4 Å². The van der Waals surface area contributed by atoms with Gasteiger partial charge in [0.1, 0.15) is 5.69 Å². The zero-order chi connectivity index (χ0) is 26.3. The summed E-state index contributed by atoms with van der Waals surface area (Å²) in [6.45, 7) is 4.55. The van der Waals surface area contributed by atoms with Gasteiger partial charge in [0.25, 0.3) is 0 Å².